The maximum atomic E-state index is 5.74. The number of piperidine rings is 1. The molecule has 114 valence electrons. The van der Waals surface area contributed by atoms with Crippen LogP contribution < -0.4 is 5.32 Å². The van der Waals surface area contributed by atoms with E-state index in [-0.39, 0.29) is 0 Å². The smallest absolute Gasteiger partial charge is 0.0702 e. The summed E-state index contributed by atoms with van der Waals surface area (Å²) in [4.78, 5) is 2.59. The molecule has 1 aliphatic heterocycles. The molecule has 0 spiro atoms. The zero-order valence-corrected chi connectivity index (χ0v) is 13.3. The molecule has 1 N–H and O–H groups in total. The molecule has 19 heavy (non-hydrogen) atoms. The van der Waals surface area contributed by atoms with Crippen molar-refractivity contribution < 1.29 is 4.74 Å². The van der Waals surface area contributed by atoms with Gasteiger partial charge in [-0.3, -0.25) is 0 Å². The lowest BCUT2D eigenvalue weighted by Gasteiger charge is -2.32. The molecule has 0 radical (unpaired) electrons. The molecule has 1 saturated heterocycles. The average Bonchev–Trinajstić information content (AvgIpc) is 2.38. The van der Waals surface area contributed by atoms with Gasteiger partial charge in [-0.2, -0.15) is 0 Å². The maximum Gasteiger partial charge on any atom is 0.0702 e. The monoisotopic (exact) mass is 270 g/mol. The molecule has 0 saturated carbocycles. The molecule has 1 aliphatic rings. The lowest BCUT2D eigenvalue weighted by atomic mass is 10.1. The molecule has 1 heterocycles. The molecule has 0 amide bonds. The fraction of sp³-hybridized carbons (Fsp3) is 1.00. The molecule has 3 heteroatoms. The Kier molecular flexibility index (Phi) is 9.48. The normalized spacial score (nSPS) is 21.2. The first-order valence-corrected chi connectivity index (χ1v) is 8.29. The second kappa shape index (κ2) is 10.6. The van der Waals surface area contributed by atoms with Gasteiger partial charge in [0.25, 0.3) is 0 Å². The predicted octanol–water partition coefficient (Wildman–Crippen LogP) is 3.05. The SMILES string of the molecule is CCOC1CCCN(CCCCCCNC(C)C)C1. The number of ether oxygens (including phenoxy) is 1. The highest BCUT2D eigenvalue weighted by molar-refractivity contribution is 4.73. The van der Waals surface area contributed by atoms with Crippen LogP contribution in [0.3, 0.4) is 0 Å². The highest BCUT2D eigenvalue weighted by Crippen LogP contribution is 2.14. The lowest BCUT2D eigenvalue weighted by Crippen LogP contribution is -2.40. The van der Waals surface area contributed by atoms with Crippen LogP contribution in [-0.2, 0) is 4.74 Å². The summed E-state index contributed by atoms with van der Waals surface area (Å²) < 4.78 is 5.74. The second-order valence-electron chi connectivity index (χ2n) is 6.04. The molecule has 1 rings (SSSR count). The number of nitrogens with one attached hydrogen (secondary N) is 1. The molecule has 0 aromatic rings. The van der Waals surface area contributed by atoms with Crippen LogP contribution in [0.5, 0.6) is 0 Å². The van der Waals surface area contributed by atoms with Gasteiger partial charge in [-0.1, -0.05) is 26.7 Å². The van der Waals surface area contributed by atoms with Gasteiger partial charge in [-0.25, -0.2) is 0 Å². The molecular formula is C16H34N2O. The van der Waals surface area contributed by atoms with Crippen LogP contribution >= 0.6 is 0 Å². The van der Waals surface area contributed by atoms with Crippen molar-refractivity contribution in [3.8, 4) is 0 Å². The first-order chi connectivity index (χ1) is 9.22. The summed E-state index contributed by atoms with van der Waals surface area (Å²) in [6.07, 6.45) is 8.46. The van der Waals surface area contributed by atoms with Gasteiger partial charge < -0.3 is 15.0 Å². The molecule has 0 aliphatic carbocycles. The molecule has 1 atom stereocenters. The third kappa shape index (κ3) is 8.61. The number of hydrogen-bond donors (Lipinski definition) is 1. The summed E-state index contributed by atoms with van der Waals surface area (Å²) in [6.45, 7) is 12.3. The van der Waals surface area contributed by atoms with E-state index < -0.39 is 0 Å². The summed E-state index contributed by atoms with van der Waals surface area (Å²) in [7, 11) is 0. The van der Waals surface area contributed by atoms with Crippen LogP contribution in [-0.4, -0.2) is 49.8 Å². The van der Waals surface area contributed by atoms with Crippen molar-refractivity contribution in [3.63, 3.8) is 0 Å². The minimum Gasteiger partial charge on any atom is -0.377 e. The number of hydrogen-bond acceptors (Lipinski definition) is 3. The minimum absolute atomic E-state index is 0.494. The van der Waals surface area contributed by atoms with Gasteiger partial charge >= 0.3 is 0 Å². The van der Waals surface area contributed by atoms with Crippen LogP contribution in [0.15, 0.2) is 0 Å². The van der Waals surface area contributed by atoms with Crippen molar-refractivity contribution in [3.05, 3.63) is 0 Å². The first kappa shape index (κ1) is 16.9. The molecule has 0 aromatic carbocycles. The van der Waals surface area contributed by atoms with E-state index in [9.17, 15) is 0 Å². The molecular weight excluding hydrogens is 236 g/mol. The van der Waals surface area contributed by atoms with E-state index in [4.69, 9.17) is 4.74 Å². The van der Waals surface area contributed by atoms with E-state index in [1.807, 2.05) is 0 Å². The van der Waals surface area contributed by atoms with Crippen molar-refractivity contribution in [1.29, 1.82) is 0 Å². The fourth-order valence-corrected chi connectivity index (χ4v) is 2.79. The third-order valence-corrected chi connectivity index (χ3v) is 3.82. The van der Waals surface area contributed by atoms with E-state index in [1.165, 1.54) is 58.2 Å². The van der Waals surface area contributed by atoms with Crippen molar-refractivity contribution >= 4 is 0 Å². The summed E-state index contributed by atoms with van der Waals surface area (Å²) in [5.74, 6) is 0. The number of rotatable bonds is 10. The fourth-order valence-electron chi connectivity index (χ4n) is 2.79. The van der Waals surface area contributed by atoms with Gasteiger partial charge in [0.1, 0.15) is 0 Å². The molecule has 0 aromatic heterocycles. The Morgan fingerprint density at radius 1 is 1.21 bits per heavy atom. The zero-order valence-electron chi connectivity index (χ0n) is 13.3. The van der Waals surface area contributed by atoms with Crippen molar-refractivity contribution in [2.75, 3.05) is 32.8 Å². The number of nitrogens with zero attached hydrogens (tertiary/aromatic N) is 1. The topological polar surface area (TPSA) is 24.5 Å². The number of unbranched alkanes of at least 4 members (excludes halogenated alkanes) is 3. The van der Waals surface area contributed by atoms with Crippen LogP contribution in [0.25, 0.3) is 0 Å². The minimum atomic E-state index is 0.494. The van der Waals surface area contributed by atoms with Gasteiger partial charge in [-0.05, 0) is 52.2 Å². The van der Waals surface area contributed by atoms with Gasteiger partial charge in [0.15, 0.2) is 0 Å². The Balaban J connectivity index is 1.94. The van der Waals surface area contributed by atoms with E-state index in [0.29, 0.717) is 12.1 Å². The van der Waals surface area contributed by atoms with Crippen LogP contribution in [0.4, 0.5) is 0 Å². The highest BCUT2D eigenvalue weighted by atomic mass is 16.5. The lowest BCUT2D eigenvalue weighted by molar-refractivity contribution is 0.00558. The van der Waals surface area contributed by atoms with E-state index in [1.54, 1.807) is 0 Å². The van der Waals surface area contributed by atoms with Crippen LogP contribution in [0, 0.1) is 0 Å². The Hall–Kier alpha value is -0.120. The van der Waals surface area contributed by atoms with E-state index in [0.717, 1.165) is 13.2 Å². The van der Waals surface area contributed by atoms with Crippen molar-refractivity contribution in [2.45, 2.75) is 71.4 Å². The van der Waals surface area contributed by atoms with Gasteiger partial charge in [-0.15, -0.1) is 0 Å². The summed E-state index contributed by atoms with van der Waals surface area (Å²) in [6, 6.07) is 0.629. The summed E-state index contributed by atoms with van der Waals surface area (Å²) >= 11 is 0. The van der Waals surface area contributed by atoms with Gasteiger partial charge in [0.2, 0.25) is 0 Å². The molecule has 0 bridgehead atoms. The van der Waals surface area contributed by atoms with Gasteiger partial charge in [0, 0.05) is 19.2 Å². The maximum absolute atomic E-state index is 5.74. The van der Waals surface area contributed by atoms with Gasteiger partial charge in [0.05, 0.1) is 6.10 Å². The number of likely N-dealkylation sites (tertiary alicyclic amines) is 1. The van der Waals surface area contributed by atoms with Crippen molar-refractivity contribution in [2.24, 2.45) is 0 Å². The highest BCUT2D eigenvalue weighted by Gasteiger charge is 2.19. The third-order valence-electron chi connectivity index (χ3n) is 3.82. The Morgan fingerprint density at radius 3 is 2.74 bits per heavy atom. The Morgan fingerprint density at radius 2 is 2.00 bits per heavy atom. The second-order valence-corrected chi connectivity index (χ2v) is 6.04. The van der Waals surface area contributed by atoms with Crippen LogP contribution in [0.2, 0.25) is 0 Å². The van der Waals surface area contributed by atoms with Crippen molar-refractivity contribution in [1.82, 2.24) is 10.2 Å². The van der Waals surface area contributed by atoms with Crippen LogP contribution in [0.1, 0.15) is 59.3 Å². The Bertz CT molecular complexity index is 207. The molecule has 1 fully saturated rings. The summed E-state index contributed by atoms with van der Waals surface area (Å²) in [5.41, 5.74) is 0. The predicted molar refractivity (Wildman–Crippen MR) is 82.7 cm³/mol. The Labute approximate surface area is 120 Å². The average molecular weight is 270 g/mol. The largest absolute Gasteiger partial charge is 0.377 e. The van der Waals surface area contributed by atoms with E-state index >= 15 is 0 Å². The quantitative estimate of drug-likeness (QED) is 0.618. The van der Waals surface area contributed by atoms with E-state index in [2.05, 4.69) is 31.0 Å². The standard InChI is InChI=1S/C16H34N2O/c1-4-19-16-10-9-13-18(14-16)12-8-6-5-7-11-17-15(2)3/h15-17H,4-14H2,1-3H3. The summed E-state index contributed by atoms with van der Waals surface area (Å²) in [5, 5.41) is 3.48. The first-order valence-electron chi connectivity index (χ1n) is 8.29. The zero-order chi connectivity index (χ0) is 13.9. The molecule has 1 unspecified atom stereocenters. The molecule has 3 nitrogen and oxygen atoms in total.